The number of nitrogens with zero attached hydrogens (tertiary/aromatic N) is 1. The van der Waals surface area contributed by atoms with Gasteiger partial charge in [-0.3, -0.25) is 4.90 Å². The van der Waals surface area contributed by atoms with Crippen molar-refractivity contribution in [3.05, 3.63) is 119 Å². The molecule has 1 aliphatic rings. The van der Waals surface area contributed by atoms with Gasteiger partial charge in [0.05, 0.1) is 14.2 Å². The zero-order chi connectivity index (χ0) is 27.0. The summed E-state index contributed by atoms with van der Waals surface area (Å²) in [6, 6.07) is 31.4. The second kappa shape index (κ2) is 12.7. The van der Waals surface area contributed by atoms with Crippen LogP contribution in [-0.2, 0) is 26.1 Å². The minimum Gasteiger partial charge on any atom is -0.493 e. The highest BCUT2D eigenvalue weighted by atomic mass is 16.5. The van der Waals surface area contributed by atoms with Gasteiger partial charge in [-0.1, -0.05) is 66.7 Å². The molecule has 1 aliphatic heterocycles. The molecule has 0 saturated heterocycles. The number of likely N-dealkylation sites (N-methyl/N-ethyl adjacent to an activating group) is 1. The van der Waals surface area contributed by atoms with Crippen molar-refractivity contribution in [3.8, 4) is 23.0 Å². The van der Waals surface area contributed by atoms with Crippen molar-refractivity contribution in [3.63, 3.8) is 0 Å². The Hall–Kier alpha value is -3.96. The fraction of sp³-hybridized carbons (Fsp3) is 0.294. The molecule has 0 amide bonds. The molecule has 0 fully saturated rings. The van der Waals surface area contributed by atoms with Crippen LogP contribution >= 0.6 is 0 Å². The molecule has 5 rings (SSSR count). The summed E-state index contributed by atoms with van der Waals surface area (Å²) in [6.45, 7) is 2.03. The molecule has 5 nitrogen and oxygen atoms in total. The molecule has 1 heterocycles. The van der Waals surface area contributed by atoms with Gasteiger partial charge in [-0.25, -0.2) is 0 Å². The summed E-state index contributed by atoms with van der Waals surface area (Å²) < 4.78 is 23.7. The Balaban J connectivity index is 1.32. The summed E-state index contributed by atoms with van der Waals surface area (Å²) in [4.78, 5) is 2.45. The lowest BCUT2D eigenvalue weighted by molar-refractivity contribution is 0.217. The average Bonchev–Trinajstić information content (AvgIpc) is 2.99. The van der Waals surface area contributed by atoms with Gasteiger partial charge in [0, 0.05) is 12.6 Å². The van der Waals surface area contributed by atoms with Crippen molar-refractivity contribution in [2.75, 3.05) is 27.8 Å². The second-order valence-electron chi connectivity index (χ2n) is 10.0. The highest BCUT2D eigenvalue weighted by Gasteiger charge is 2.27. The summed E-state index contributed by atoms with van der Waals surface area (Å²) >= 11 is 0. The lowest BCUT2D eigenvalue weighted by atomic mass is 9.88. The van der Waals surface area contributed by atoms with Gasteiger partial charge < -0.3 is 18.9 Å². The Morgan fingerprint density at radius 3 is 1.90 bits per heavy atom. The SMILES string of the molecule is COc1ccc(CCC2c3cc(OCc4ccccc4)c(OC)cc3CCN2C)cc1OCc1ccccc1. The number of fused-ring (bicyclic) bond motifs is 1. The van der Waals surface area contributed by atoms with E-state index in [-0.39, 0.29) is 6.04 Å². The third kappa shape index (κ3) is 6.55. The predicted molar refractivity (Wildman–Crippen MR) is 155 cm³/mol. The molecule has 5 heteroatoms. The Morgan fingerprint density at radius 2 is 1.28 bits per heavy atom. The molecule has 4 aromatic carbocycles. The monoisotopic (exact) mass is 523 g/mol. The maximum atomic E-state index is 6.26. The van der Waals surface area contributed by atoms with Crippen molar-refractivity contribution in [2.45, 2.75) is 38.5 Å². The first-order valence-electron chi connectivity index (χ1n) is 13.6. The van der Waals surface area contributed by atoms with E-state index < -0.39 is 0 Å². The molecule has 0 saturated carbocycles. The summed E-state index contributed by atoms with van der Waals surface area (Å²) in [5.74, 6) is 3.12. The van der Waals surface area contributed by atoms with Crippen LogP contribution in [0.2, 0.25) is 0 Å². The first-order chi connectivity index (χ1) is 19.1. The molecule has 0 bridgehead atoms. The fourth-order valence-corrected chi connectivity index (χ4v) is 5.25. The Morgan fingerprint density at radius 1 is 0.667 bits per heavy atom. The zero-order valence-electron chi connectivity index (χ0n) is 23.1. The second-order valence-corrected chi connectivity index (χ2v) is 10.0. The van der Waals surface area contributed by atoms with Gasteiger partial charge in [0.25, 0.3) is 0 Å². The van der Waals surface area contributed by atoms with Crippen molar-refractivity contribution in [1.82, 2.24) is 4.90 Å². The minimum atomic E-state index is 0.287. The van der Waals surface area contributed by atoms with Crippen LogP contribution in [0.1, 0.15) is 40.3 Å². The maximum Gasteiger partial charge on any atom is 0.162 e. The Kier molecular flexibility index (Phi) is 8.69. The minimum absolute atomic E-state index is 0.287. The van der Waals surface area contributed by atoms with Gasteiger partial charge in [0.2, 0.25) is 0 Å². The summed E-state index contributed by atoms with van der Waals surface area (Å²) in [7, 11) is 5.61. The van der Waals surface area contributed by atoms with E-state index in [9.17, 15) is 0 Å². The summed E-state index contributed by atoms with van der Waals surface area (Å²) in [6.07, 6.45) is 2.91. The third-order valence-electron chi connectivity index (χ3n) is 7.46. The lowest BCUT2D eigenvalue weighted by Crippen LogP contribution is -2.32. The van der Waals surface area contributed by atoms with Gasteiger partial charge in [-0.15, -0.1) is 0 Å². The molecule has 0 N–H and O–H groups in total. The quantitative estimate of drug-likeness (QED) is 0.211. The van der Waals surface area contributed by atoms with E-state index in [1.807, 2.05) is 42.5 Å². The summed E-state index contributed by atoms with van der Waals surface area (Å²) in [5.41, 5.74) is 6.15. The standard InChI is InChI=1S/C34H37NO4/c1-35-19-18-28-21-32(37-3)34(39-24-27-12-8-5-9-13-27)22-29(28)30(35)16-14-25-15-17-31(36-2)33(20-25)38-23-26-10-6-4-7-11-26/h4-13,15,17,20-22,30H,14,16,18-19,23-24H2,1-3H3. The molecule has 1 atom stereocenters. The van der Waals surface area contributed by atoms with Crippen LogP contribution in [-0.4, -0.2) is 32.7 Å². The third-order valence-corrected chi connectivity index (χ3v) is 7.46. The van der Waals surface area contributed by atoms with Crippen LogP contribution in [0.5, 0.6) is 23.0 Å². The van der Waals surface area contributed by atoms with Crippen molar-refractivity contribution >= 4 is 0 Å². The molecule has 0 aliphatic carbocycles. The molecule has 1 unspecified atom stereocenters. The molecule has 202 valence electrons. The normalized spacial score (nSPS) is 14.9. The molecule has 0 spiro atoms. The zero-order valence-corrected chi connectivity index (χ0v) is 23.1. The van der Waals surface area contributed by atoms with Crippen molar-refractivity contribution in [1.29, 1.82) is 0 Å². The largest absolute Gasteiger partial charge is 0.493 e. The van der Waals surface area contributed by atoms with Gasteiger partial charge in [0.15, 0.2) is 23.0 Å². The van der Waals surface area contributed by atoms with Crippen LogP contribution in [0.4, 0.5) is 0 Å². The topological polar surface area (TPSA) is 40.2 Å². The number of methoxy groups -OCH3 is 2. The van der Waals surface area contributed by atoms with E-state index in [1.165, 1.54) is 16.7 Å². The molecule has 4 aromatic rings. The van der Waals surface area contributed by atoms with Gasteiger partial charge in [0.1, 0.15) is 13.2 Å². The number of hydrogen-bond donors (Lipinski definition) is 0. The van der Waals surface area contributed by atoms with Crippen LogP contribution in [0, 0.1) is 0 Å². The number of benzene rings is 4. The predicted octanol–water partition coefficient (Wildman–Crippen LogP) is 7.02. The first kappa shape index (κ1) is 26.6. The Bertz CT molecular complexity index is 1360. The van der Waals surface area contributed by atoms with E-state index in [4.69, 9.17) is 18.9 Å². The Labute approximate surface area is 231 Å². The molecule has 0 aromatic heterocycles. The van der Waals surface area contributed by atoms with Gasteiger partial charge >= 0.3 is 0 Å². The van der Waals surface area contributed by atoms with Crippen LogP contribution in [0.3, 0.4) is 0 Å². The van der Waals surface area contributed by atoms with E-state index >= 15 is 0 Å². The molecular weight excluding hydrogens is 486 g/mol. The molecular formula is C34H37NO4. The van der Waals surface area contributed by atoms with E-state index in [0.29, 0.717) is 13.2 Å². The lowest BCUT2D eigenvalue weighted by Gasteiger charge is -2.35. The molecule has 0 radical (unpaired) electrons. The van der Waals surface area contributed by atoms with E-state index in [2.05, 4.69) is 60.5 Å². The van der Waals surface area contributed by atoms with Gasteiger partial charge in [-0.2, -0.15) is 0 Å². The maximum absolute atomic E-state index is 6.26. The summed E-state index contributed by atoms with van der Waals surface area (Å²) in [5, 5.41) is 0. The smallest absolute Gasteiger partial charge is 0.162 e. The van der Waals surface area contributed by atoms with E-state index in [1.54, 1.807) is 14.2 Å². The van der Waals surface area contributed by atoms with Crippen molar-refractivity contribution < 1.29 is 18.9 Å². The molecule has 39 heavy (non-hydrogen) atoms. The van der Waals surface area contributed by atoms with Crippen LogP contribution in [0.25, 0.3) is 0 Å². The highest BCUT2D eigenvalue weighted by Crippen LogP contribution is 2.40. The fourth-order valence-electron chi connectivity index (χ4n) is 5.25. The van der Waals surface area contributed by atoms with Gasteiger partial charge in [-0.05, 0) is 78.4 Å². The first-order valence-corrected chi connectivity index (χ1v) is 13.6. The number of hydrogen-bond acceptors (Lipinski definition) is 5. The number of ether oxygens (including phenoxy) is 4. The van der Waals surface area contributed by atoms with Crippen LogP contribution < -0.4 is 18.9 Å². The number of rotatable bonds is 11. The van der Waals surface area contributed by atoms with Crippen LogP contribution in [0.15, 0.2) is 91.0 Å². The highest BCUT2D eigenvalue weighted by molar-refractivity contribution is 5.50. The number of aryl methyl sites for hydroxylation is 1. The average molecular weight is 524 g/mol. The van der Waals surface area contributed by atoms with Crippen molar-refractivity contribution in [2.24, 2.45) is 0 Å². The van der Waals surface area contributed by atoms with E-state index in [0.717, 1.165) is 59.9 Å².